The van der Waals surface area contributed by atoms with Crippen LogP contribution in [-0.4, -0.2) is 23.7 Å². The number of sulfone groups is 1. The molecule has 0 saturated heterocycles. The van der Waals surface area contributed by atoms with Crippen molar-refractivity contribution in [3.63, 3.8) is 0 Å². The van der Waals surface area contributed by atoms with Crippen molar-refractivity contribution in [2.24, 2.45) is 0 Å². The van der Waals surface area contributed by atoms with Gasteiger partial charge in [0, 0.05) is 31.7 Å². The lowest BCUT2D eigenvalue weighted by atomic mass is 10.2. The van der Waals surface area contributed by atoms with Crippen molar-refractivity contribution in [1.29, 1.82) is 0 Å². The molecular formula is C19H15BrN2O3S3. The second kappa shape index (κ2) is 7.55. The Kier molecular flexibility index (Phi) is 5.26. The highest BCUT2D eigenvalue weighted by Crippen LogP contribution is 2.34. The first-order valence-electron chi connectivity index (χ1n) is 8.37. The zero-order valence-corrected chi connectivity index (χ0v) is 18.8. The first-order valence-corrected chi connectivity index (χ1v) is 12.5. The van der Waals surface area contributed by atoms with Gasteiger partial charge in [0.2, 0.25) is 0 Å². The number of nitrogens with zero attached hydrogens (tertiary/aromatic N) is 2. The summed E-state index contributed by atoms with van der Waals surface area (Å²) in [6.07, 6.45) is 1.43. The standard InChI is InChI=1S/C19H15BrN2O3S3/c1-12-2-7-16(27-12)15-10-26-18-17(15)19(23)22(11-21-18)8-9-28(24,25)14-5-3-13(20)4-6-14/h2-7,10-11H,8-9H2,1H3. The Morgan fingerprint density at radius 3 is 2.57 bits per heavy atom. The van der Waals surface area contributed by atoms with Gasteiger partial charge in [0.05, 0.1) is 22.4 Å². The fraction of sp³-hybridized carbons (Fsp3) is 0.158. The van der Waals surface area contributed by atoms with Crippen LogP contribution in [0.4, 0.5) is 0 Å². The molecule has 0 aliphatic rings. The van der Waals surface area contributed by atoms with Gasteiger partial charge in [-0.15, -0.1) is 22.7 Å². The van der Waals surface area contributed by atoms with E-state index >= 15 is 0 Å². The Hall–Kier alpha value is -1.81. The van der Waals surface area contributed by atoms with Gasteiger partial charge in [0.1, 0.15) is 4.83 Å². The molecule has 0 aliphatic carbocycles. The smallest absolute Gasteiger partial charge is 0.262 e. The van der Waals surface area contributed by atoms with E-state index in [0.29, 0.717) is 10.2 Å². The third kappa shape index (κ3) is 3.71. The summed E-state index contributed by atoms with van der Waals surface area (Å²) in [6.45, 7) is 2.07. The van der Waals surface area contributed by atoms with E-state index < -0.39 is 9.84 Å². The highest BCUT2D eigenvalue weighted by Gasteiger charge is 2.18. The molecule has 0 bridgehead atoms. The Morgan fingerprint density at radius 1 is 1.14 bits per heavy atom. The summed E-state index contributed by atoms with van der Waals surface area (Å²) >= 11 is 6.34. The molecule has 4 aromatic rings. The predicted molar refractivity (Wildman–Crippen MR) is 118 cm³/mol. The number of thiophene rings is 2. The van der Waals surface area contributed by atoms with Crippen molar-refractivity contribution in [3.8, 4) is 10.4 Å². The van der Waals surface area contributed by atoms with Gasteiger partial charge in [-0.3, -0.25) is 9.36 Å². The third-order valence-corrected chi connectivity index (χ3v) is 8.50. The molecule has 4 rings (SSSR count). The van der Waals surface area contributed by atoms with Gasteiger partial charge in [-0.2, -0.15) is 0 Å². The molecule has 0 unspecified atom stereocenters. The van der Waals surface area contributed by atoms with E-state index in [2.05, 4.69) is 20.9 Å². The summed E-state index contributed by atoms with van der Waals surface area (Å²) in [5.74, 6) is -0.167. The number of halogens is 1. The van der Waals surface area contributed by atoms with Crippen molar-refractivity contribution in [1.82, 2.24) is 9.55 Å². The van der Waals surface area contributed by atoms with Crippen molar-refractivity contribution in [2.45, 2.75) is 18.4 Å². The molecular weight excluding hydrogens is 480 g/mol. The van der Waals surface area contributed by atoms with Crippen LogP contribution in [0.3, 0.4) is 0 Å². The van der Waals surface area contributed by atoms with Crippen LogP contribution in [-0.2, 0) is 16.4 Å². The monoisotopic (exact) mass is 494 g/mol. The van der Waals surface area contributed by atoms with Gasteiger partial charge in [-0.1, -0.05) is 15.9 Å². The Balaban J connectivity index is 1.67. The SMILES string of the molecule is Cc1ccc(-c2csc3ncn(CCS(=O)(=O)c4ccc(Br)cc4)c(=O)c23)s1. The third-order valence-electron chi connectivity index (χ3n) is 4.34. The number of hydrogen-bond donors (Lipinski definition) is 0. The number of hydrogen-bond acceptors (Lipinski definition) is 6. The molecule has 0 saturated carbocycles. The van der Waals surface area contributed by atoms with Crippen molar-refractivity contribution >= 4 is 58.7 Å². The highest BCUT2D eigenvalue weighted by atomic mass is 79.9. The van der Waals surface area contributed by atoms with Crippen LogP contribution in [0.25, 0.3) is 20.7 Å². The molecule has 0 N–H and O–H groups in total. The maximum absolute atomic E-state index is 13.0. The zero-order chi connectivity index (χ0) is 19.9. The predicted octanol–water partition coefficient (Wildman–Crippen LogP) is 4.73. The average Bonchev–Trinajstić information content (AvgIpc) is 3.28. The molecule has 0 aliphatic heterocycles. The van der Waals surface area contributed by atoms with E-state index in [0.717, 1.165) is 14.9 Å². The van der Waals surface area contributed by atoms with Crippen LogP contribution >= 0.6 is 38.6 Å². The quantitative estimate of drug-likeness (QED) is 0.402. The maximum Gasteiger partial charge on any atom is 0.262 e. The van der Waals surface area contributed by atoms with Gasteiger partial charge >= 0.3 is 0 Å². The number of aromatic nitrogens is 2. The minimum atomic E-state index is -3.49. The van der Waals surface area contributed by atoms with Crippen LogP contribution in [0.1, 0.15) is 4.88 Å². The maximum atomic E-state index is 13.0. The number of benzene rings is 1. The summed E-state index contributed by atoms with van der Waals surface area (Å²) in [5, 5.41) is 2.49. The van der Waals surface area contributed by atoms with Crippen molar-refractivity contribution in [3.05, 3.63) is 67.8 Å². The normalized spacial score (nSPS) is 11.9. The molecule has 144 valence electrons. The minimum Gasteiger partial charge on any atom is -0.298 e. The molecule has 3 heterocycles. The number of rotatable bonds is 5. The molecule has 1 aromatic carbocycles. The molecule has 9 heteroatoms. The topological polar surface area (TPSA) is 69.0 Å². The fourth-order valence-corrected chi connectivity index (χ4v) is 6.22. The molecule has 0 amide bonds. The Labute approximate surface area is 178 Å². The fourth-order valence-electron chi connectivity index (χ4n) is 2.87. The van der Waals surface area contributed by atoms with Crippen LogP contribution < -0.4 is 5.56 Å². The van der Waals surface area contributed by atoms with Crippen molar-refractivity contribution in [2.75, 3.05) is 5.75 Å². The zero-order valence-electron chi connectivity index (χ0n) is 14.8. The molecule has 28 heavy (non-hydrogen) atoms. The van der Waals surface area contributed by atoms with E-state index in [1.807, 2.05) is 24.4 Å². The lowest BCUT2D eigenvalue weighted by molar-refractivity contribution is 0.587. The second-order valence-electron chi connectivity index (χ2n) is 6.26. The van der Waals surface area contributed by atoms with Gasteiger partial charge in [0.25, 0.3) is 5.56 Å². The van der Waals surface area contributed by atoms with Crippen LogP contribution in [0.5, 0.6) is 0 Å². The molecule has 3 aromatic heterocycles. The Bertz CT molecular complexity index is 1320. The van der Waals surface area contributed by atoms with E-state index in [4.69, 9.17) is 0 Å². The van der Waals surface area contributed by atoms with Gasteiger partial charge < -0.3 is 0 Å². The van der Waals surface area contributed by atoms with Crippen LogP contribution in [0.2, 0.25) is 0 Å². The van der Waals surface area contributed by atoms with Crippen molar-refractivity contribution < 1.29 is 8.42 Å². The first-order chi connectivity index (χ1) is 13.3. The van der Waals surface area contributed by atoms with E-state index in [-0.39, 0.29) is 22.8 Å². The lowest BCUT2D eigenvalue weighted by Gasteiger charge is -2.07. The molecule has 0 fully saturated rings. The largest absolute Gasteiger partial charge is 0.298 e. The molecule has 5 nitrogen and oxygen atoms in total. The van der Waals surface area contributed by atoms with Gasteiger partial charge in [-0.05, 0) is 43.3 Å². The summed E-state index contributed by atoms with van der Waals surface area (Å²) in [6, 6.07) is 10.5. The lowest BCUT2D eigenvalue weighted by Crippen LogP contribution is -2.24. The van der Waals surface area contributed by atoms with Crippen LogP contribution in [0, 0.1) is 6.92 Å². The van der Waals surface area contributed by atoms with Crippen LogP contribution in [0.15, 0.2) is 62.3 Å². The van der Waals surface area contributed by atoms with E-state index in [1.165, 1.54) is 27.1 Å². The first kappa shape index (κ1) is 19.5. The molecule has 0 radical (unpaired) electrons. The molecule has 0 atom stereocenters. The highest BCUT2D eigenvalue weighted by molar-refractivity contribution is 9.10. The van der Waals surface area contributed by atoms with E-state index in [1.54, 1.807) is 35.6 Å². The summed E-state index contributed by atoms with van der Waals surface area (Å²) in [5.41, 5.74) is 0.652. The average molecular weight is 495 g/mol. The summed E-state index contributed by atoms with van der Waals surface area (Å²) < 4.78 is 27.4. The number of fused-ring (bicyclic) bond motifs is 1. The minimum absolute atomic E-state index is 0.0545. The number of aryl methyl sites for hydroxylation is 2. The second-order valence-corrected chi connectivity index (χ2v) is 11.4. The van der Waals surface area contributed by atoms with E-state index in [9.17, 15) is 13.2 Å². The van der Waals surface area contributed by atoms with Gasteiger partial charge in [-0.25, -0.2) is 13.4 Å². The Morgan fingerprint density at radius 2 is 1.89 bits per heavy atom. The van der Waals surface area contributed by atoms with Gasteiger partial charge in [0.15, 0.2) is 9.84 Å². The molecule has 0 spiro atoms. The summed E-state index contributed by atoms with van der Waals surface area (Å²) in [4.78, 5) is 20.5. The summed E-state index contributed by atoms with van der Waals surface area (Å²) in [7, 11) is -3.49.